The van der Waals surface area contributed by atoms with E-state index in [1.54, 1.807) is 43.6 Å². The SMILES string of the molecule is COc1ccccc1CNc1ccc(NC(=O)c2c(OC)cccc2OC)cn1. The maximum Gasteiger partial charge on any atom is 0.263 e. The van der Waals surface area contributed by atoms with Crippen molar-refractivity contribution in [1.29, 1.82) is 0 Å². The van der Waals surface area contributed by atoms with Gasteiger partial charge in [0.2, 0.25) is 0 Å². The lowest BCUT2D eigenvalue weighted by atomic mass is 10.1. The number of carbonyl (C=O) groups is 1. The molecule has 0 aliphatic heterocycles. The van der Waals surface area contributed by atoms with Crippen LogP contribution in [0.5, 0.6) is 17.2 Å². The number of ether oxygens (including phenoxy) is 3. The quantitative estimate of drug-likeness (QED) is 0.603. The summed E-state index contributed by atoms with van der Waals surface area (Å²) in [6, 6.07) is 16.5. The van der Waals surface area contributed by atoms with Crippen molar-refractivity contribution >= 4 is 17.4 Å². The molecule has 1 amide bonds. The van der Waals surface area contributed by atoms with Gasteiger partial charge >= 0.3 is 0 Å². The molecule has 0 aliphatic carbocycles. The average Bonchev–Trinajstić information content (AvgIpc) is 2.78. The Bertz CT molecular complexity index is 952. The zero-order valence-corrected chi connectivity index (χ0v) is 16.6. The Kier molecular flexibility index (Phi) is 6.52. The van der Waals surface area contributed by atoms with Crippen molar-refractivity contribution in [2.75, 3.05) is 32.0 Å². The lowest BCUT2D eigenvalue weighted by molar-refractivity contribution is 0.102. The third kappa shape index (κ3) is 4.76. The summed E-state index contributed by atoms with van der Waals surface area (Å²) >= 11 is 0. The van der Waals surface area contributed by atoms with E-state index in [1.807, 2.05) is 24.3 Å². The van der Waals surface area contributed by atoms with Gasteiger partial charge in [0.25, 0.3) is 5.91 Å². The summed E-state index contributed by atoms with van der Waals surface area (Å²) in [4.78, 5) is 17.1. The maximum atomic E-state index is 12.7. The van der Waals surface area contributed by atoms with Crippen molar-refractivity contribution in [2.45, 2.75) is 6.54 Å². The van der Waals surface area contributed by atoms with Crippen LogP contribution >= 0.6 is 0 Å². The van der Waals surface area contributed by atoms with Crippen LogP contribution < -0.4 is 24.8 Å². The number of rotatable bonds is 8. The zero-order valence-electron chi connectivity index (χ0n) is 16.6. The predicted octanol–water partition coefficient (Wildman–Crippen LogP) is 3.97. The summed E-state index contributed by atoms with van der Waals surface area (Å²) in [6.45, 7) is 0.571. The molecule has 7 heteroatoms. The van der Waals surface area contributed by atoms with E-state index in [-0.39, 0.29) is 5.91 Å². The topological polar surface area (TPSA) is 81.7 Å². The van der Waals surface area contributed by atoms with E-state index in [0.717, 1.165) is 11.3 Å². The first kappa shape index (κ1) is 20.0. The number of amides is 1. The number of anilines is 2. The normalized spacial score (nSPS) is 10.2. The molecule has 0 saturated carbocycles. The number of hydrogen-bond acceptors (Lipinski definition) is 6. The zero-order chi connectivity index (χ0) is 20.6. The maximum absolute atomic E-state index is 12.7. The summed E-state index contributed by atoms with van der Waals surface area (Å²) < 4.78 is 15.9. The van der Waals surface area contributed by atoms with Crippen LogP contribution in [0.25, 0.3) is 0 Å². The van der Waals surface area contributed by atoms with E-state index in [1.165, 1.54) is 14.2 Å². The molecule has 0 bridgehead atoms. The molecule has 0 saturated heterocycles. The molecule has 0 atom stereocenters. The number of hydrogen-bond donors (Lipinski definition) is 2. The molecular weight excluding hydrogens is 370 g/mol. The number of nitrogens with zero attached hydrogens (tertiary/aromatic N) is 1. The third-order valence-corrected chi connectivity index (χ3v) is 4.33. The minimum Gasteiger partial charge on any atom is -0.496 e. The lowest BCUT2D eigenvalue weighted by Gasteiger charge is -2.13. The molecule has 0 unspecified atom stereocenters. The second-order valence-electron chi connectivity index (χ2n) is 6.09. The number of benzene rings is 2. The van der Waals surface area contributed by atoms with Crippen LogP contribution in [0.15, 0.2) is 60.8 Å². The molecule has 29 heavy (non-hydrogen) atoms. The smallest absolute Gasteiger partial charge is 0.263 e. The van der Waals surface area contributed by atoms with E-state index in [2.05, 4.69) is 15.6 Å². The number of methoxy groups -OCH3 is 3. The first-order chi connectivity index (χ1) is 14.2. The van der Waals surface area contributed by atoms with Gasteiger partial charge in [-0.2, -0.15) is 0 Å². The van der Waals surface area contributed by atoms with Gasteiger partial charge in [0.15, 0.2) is 0 Å². The summed E-state index contributed by atoms with van der Waals surface area (Å²) in [5.41, 5.74) is 1.92. The van der Waals surface area contributed by atoms with Crippen molar-refractivity contribution in [3.8, 4) is 17.2 Å². The average molecular weight is 393 g/mol. The molecule has 1 aromatic heterocycles. The van der Waals surface area contributed by atoms with Gasteiger partial charge in [-0.15, -0.1) is 0 Å². The fraction of sp³-hybridized carbons (Fsp3) is 0.182. The van der Waals surface area contributed by atoms with Gasteiger partial charge in [-0.3, -0.25) is 4.79 Å². The molecular formula is C22H23N3O4. The summed E-state index contributed by atoms with van der Waals surface area (Å²) in [5, 5.41) is 6.06. The van der Waals surface area contributed by atoms with Gasteiger partial charge in [-0.05, 0) is 30.3 Å². The highest BCUT2D eigenvalue weighted by molar-refractivity contribution is 6.08. The van der Waals surface area contributed by atoms with Crippen LogP contribution in [0.1, 0.15) is 15.9 Å². The monoisotopic (exact) mass is 393 g/mol. The Hall–Kier alpha value is -3.74. The Morgan fingerprint density at radius 2 is 1.52 bits per heavy atom. The molecule has 2 N–H and O–H groups in total. The first-order valence-corrected chi connectivity index (χ1v) is 9.00. The Morgan fingerprint density at radius 1 is 0.862 bits per heavy atom. The number of aromatic nitrogens is 1. The summed E-state index contributed by atoms with van der Waals surface area (Å²) in [6.07, 6.45) is 1.59. The van der Waals surface area contributed by atoms with Gasteiger partial charge in [-0.1, -0.05) is 24.3 Å². The van der Waals surface area contributed by atoms with E-state index >= 15 is 0 Å². The van der Waals surface area contributed by atoms with Crippen LogP contribution in [-0.2, 0) is 6.54 Å². The second-order valence-corrected chi connectivity index (χ2v) is 6.09. The van der Waals surface area contributed by atoms with Crippen molar-refractivity contribution < 1.29 is 19.0 Å². The third-order valence-electron chi connectivity index (χ3n) is 4.33. The molecule has 0 aliphatic rings. The van der Waals surface area contributed by atoms with Crippen LogP contribution in [0.2, 0.25) is 0 Å². The molecule has 7 nitrogen and oxygen atoms in total. The Labute approximate surface area is 169 Å². The molecule has 0 radical (unpaired) electrons. The number of nitrogens with one attached hydrogen (secondary N) is 2. The molecule has 3 aromatic rings. The standard InChI is InChI=1S/C22H23N3O4/c1-27-17-8-5-4-7-15(17)13-23-20-12-11-16(14-24-20)25-22(26)21-18(28-2)9-6-10-19(21)29-3/h4-12,14H,13H2,1-3H3,(H,23,24)(H,25,26). The van der Waals surface area contributed by atoms with Crippen molar-refractivity contribution in [1.82, 2.24) is 4.98 Å². The highest BCUT2D eigenvalue weighted by Crippen LogP contribution is 2.29. The molecule has 0 spiro atoms. The minimum atomic E-state index is -0.337. The van der Waals surface area contributed by atoms with Gasteiger partial charge in [0.05, 0.1) is 33.2 Å². The van der Waals surface area contributed by atoms with E-state index in [0.29, 0.717) is 35.1 Å². The molecule has 150 valence electrons. The van der Waals surface area contributed by atoms with Crippen LogP contribution in [0, 0.1) is 0 Å². The van der Waals surface area contributed by atoms with Crippen molar-refractivity contribution in [3.63, 3.8) is 0 Å². The van der Waals surface area contributed by atoms with Crippen molar-refractivity contribution in [2.24, 2.45) is 0 Å². The second kappa shape index (κ2) is 9.45. The Balaban J connectivity index is 1.67. The largest absolute Gasteiger partial charge is 0.496 e. The Morgan fingerprint density at radius 3 is 2.14 bits per heavy atom. The van der Waals surface area contributed by atoms with Crippen LogP contribution in [0.4, 0.5) is 11.5 Å². The van der Waals surface area contributed by atoms with Crippen molar-refractivity contribution in [3.05, 3.63) is 71.9 Å². The van der Waals surface area contributed by atoms with Gasteiger partial charge in [-0.25, -0.2) is 4.98 Å². The lowest BCUT2D eigenvalue weighted by Crippen LogP contribution is -2.15. The van der Waals surface area contributed by atoms with Gasteiger partial charge in [0, 0.05) is 12.1 Å². The first-order valence-electron chi connectivity index (χ1n) is 9.00. The van der Waals surface area contributed by atoms with Gasteiger partial charge < -0.3 is 24.8 Å². The molecule has 1 heterocycles. The van der Waals surface area contributed by atoms with Crippen LogP contribution in [-0.4, -0.2) is 32.2 Å². The fourth-order valence-electron chi connectivity index (χ4n) is 2.88. The molecule has 2 aromatic carbocycles. The minimum absolute atomic E-state index is 0.330. The van der Waals surface area contributed by atoms with Crippen LogP contribution in [0.3, 0.4) is 0 Å². The molecule has 3 rings (SSSR count). The highest BCUT2D eigenvalue weighted by atomic mass is 16.5. The fourth-order valence-corrected chi connectivity index (χ4v) is 2.88. The number of carbonyl (C=O) groups excluding carboxylic acids is 1. The summed E-state index contributed by atoms with van der Waals surface area (Å²) in [5.74, 6) is 2.03. The van der Waals surface area contributed by atoms with Gasteiger partial charge in [0.1, 0.15) is 28.6 Å². The van der Waals surface area contributed by atoms with E-state index < -0.39 is 0 Å². The predicted molar refractivity (Wildman–Crippen MR) is 112 cm³/mol. The van der Waals surface area contributed by atoms with E-state index in [4.69, 9.17) is 14.2 Å². The van der Waals surface area contributed by atoms with E-state index in [9.17, 15) is 4.79 Å². The number of para-hydroxylation sites is 1. The number of pyridine rings is 1. The summed E-state index contributed by atoms with van der Waals surface area (Å²) in [7, 11) is 4.66. The molecule has 0 fully saturated rings. The highest BCUT2D eigenvalue weighted by Gasteiger charge is 2.18.